The summed E-state index contributed by atoms with van der Waals surface area (Å²) < 4.78 is 10.5. The van der Waals surface area contributed by atoms with Crippen molar-refractivity contribution >= 4 is 0 Å². The highest BCUT2D eigenvalue weighted by Crippen LogP contribution is 2.43. The molecule has 0 spiro atoms. The first-order valence-electron chi connectivity index (χ1n) is 16.2. The van der Waals surface area contributed by atoms with E-state index >= 15 is 0 Å². The fourth-order valence-corrected chi connectivity index (χ4v) is 5.76. The second kappa shape index (κ2) is 15.2. The highest BCUT2D eigenvalue weighted by molar-refractivity contribution is 4.91. The van der Waals surface area contributed by atoms with Crippen molar-refractivity contribution in [3.8, 4) is 0 Å². The molecule has 228 valence electrons. The van der Waals surface area contributed by atoms with E-state index in [4.69, 9.17) is 9.47 Å². The molecule has 0 bridgehead atoms. The molecule has 3 nitrogen and oxygen atoms in total. The first kappa shape index (κ1) is 35.9. The Balaban J connectivity index is 0.000000254. The van der Waals surface area contributed by atoms with Gasteiger partial charge in [-0.25, -0.2) is 0 Å². The van der Waals surface area contributed by atoms with Crippen LogP contribution < -0.4 is 0 Å². The van der Waals surface area contributed by atoms with Gasteiger partial charge in [-0.3, -0.25) is 4.90 Å². The normalized spacial score (nSPS) is 23.6. The zero-order chi connectivity index (χ0) is 29.3. The molecule has 0 aromatic rings. The molecule has 3 aliphatic heterocycles. The van der Waals surface area contributed by atoms with Gasteiger partial charge in [0.25, 0.3) is 0 Å². The van der Waals surface area contributed by atoms with E-state index in [1.165, 1.54) is 70.9 Å². The van der Waals surface area contributed by atoms with Crippen LogP contribution in [0.4, 0.5) is 0 Å². The second-order valence-corrected chi connectivity index (χ2v) is 17.1. The lowest BCUT2D eigenvalue weighted by molar-refractivity contribution is -0.158. The van der Waals surface area contributed by atoms with Crippen molar-refractivity contribution in [2.75, 3.05) is 39.5 Å². The second-order valence-electron chi connectivity index (χ2n) is 17.1. The number of likely N-dealkylation sites (tertiary alicyclic amines) is 1. The summed E-state index contributed by atoms with van der Waals surface area (Å²) in [5, 5.41) is 0. The van der Waals surface area contributed by atoms with Crippen LogP contribution in [-0.4, -0.2) is 50.0 Å². The molecule has 38 heavy (non-hydrogen) atoms. The van der Waals surface area contributed by atoms with Crippen LogP contribution in [0.15, 0.2) is 0 Å². The first-order valence-corrected chi connectivity index (χ1v) is 16.2. The summed E-state index contributed by atoms with van der Waals surface area (Å²) in [7, 11) is 0. The number of hydrogen-bond acceptors (Lipinski definition) is 3. The molecule has 4 rings (SSSR count). The van der Waals surface area contributed by atoms with Gasteiger partial charge in [-0.05, 0) is 100 Å². The van der Waals surface area contributed by atoms with E-state index in [9.17, 15) is 0 Å². The average molecular weight is 538 g/mol. The minimum absolute atomic E-state index is 0.408. The molecule has 0 atom stereocenters. The van der Waals surface area contributed by atoms with Crippen LogP contribution >= 0.6 is 0 Å². The molecular formula is C35H71NO2. The predicted molar refractivity (Wildman–Crippen MR) is 168 cm³/mol. The van der Waals surface area contributed by atoms with Gasteiger partial charge in [0, 0.05) is 24.2 Å². The zero-order valence-electron chi connectivity index (χ0n) is 28.5. The van der Waals surface area contributed by atoms with Crippen LogP contribution in [0.1, 0.15) is 148 Å². The first-order chi connectivity index (χ1) is 17.3. The van der Waals surface area contributed by atoms with Crippen molar-refractivity contribution in [2.24, 2.45) is 33.5 Å². The van der Waals surface area contributed by atoms with Gasteiger partial charge < -0.3 is 9.47 Å². The summed E-state index contributed by atoms with van der Waals surface area (Å²) >= 11 is 0. The lowest BCUT2D eigenvalue weighted by Gasteiger charge is -2.48. The van der Waals surface area contributed by atoms with E-state index in [2.05, 4.69) is 94.9 Å². The van der Waals surface area contributed by atoms with Crippen molar-refractivity contribution in [2.45, 2.75) is 153 Å². The summed E-state index contributed by atoms with van der Waals surface area (Å²) in [4.78, 5) is 2.55. The summed E-state index contributed by atoms with van der Waals surface area (Å²) in [6.45, 7) is 36.5. The highest BCUT2D eigenvalue weighted by Gasteiger charge is 2.43. The van der Waals surface area contributed by atoms with Gasteiger partial charge in [0.1, 0.15) is 0 Å². The van der Waals surface area contributed by atoms with Gasteiger partial charge in [-0.2, -0.15) is 0 Å². The van der Waals surface area contributed by atoms with E-state index in [1.54, 1.807) is 0 Å². The van der Waals surface area contributed by atoms with E-state index in [1.807, 2.05) is 0 Å². The molecule has 0 amide bonds. The fourth-order valence-electron chi connectivity index (χ4n) is 5.76. The third kappa shape index (κ3) is 13.0. The monoisotopic (exact) mass is 538 g/mol. The summed E-state index contributed by atoms with van der Waals surface area (Å²) in [6.07, 6.45) is 12.7. The number of ether oxygens (including phenoxy) is 2. The Hall–Kier alpha value is -0.120. The lowest BCUT2D eigenvalue weighted by Crippen LogP contribution is -2.49. The highest BCUT2D eigenvalue weighted by atomic mass is 16.5. The predicted octanol–water partition coefficient (Wildman–Crippen LogP) is 10.0. The number of rotatable bonds is 0. The quantitative estimate of drug-likeness (QED) is 0.307. The Morgan fingerprint density at radius 1 is 0.553 bits per heavy atom. The Morgan fingerprint density at radius 2 is 0.974 bits per heavy atom. The molecule has 1 aliphatic carbocycles. The Labute approximate surface area is 240 Å². The van der Waals surface area contributed by atoms with Crippen LogP contribution in [0.5, 0.6) is 0 Å². The van der Waals surface area contributed by atoms with Gasteiger partial charge in [0.2, 0.25) is 0 Å². The molecular weight excluding hydrogens is 466 g/mol. The van der Waals surface area contributed by atoms with Gasteiger partial charge >= 0.3 is 0 Å². The molecule has 3 heteroatoms. The summed E-state index contributed by atoms with van der Waals surface area (Å²) in [5.41, 5.74) is 2.32. The largest absolute Gasteiger partial charge is 0.381 e. The standard InChI is InChI=1S/C10H20.C9H18O.C8H17N.C8H16O/c1-10(2,3)9-7-5-4-6-8-9;1-9(2,3)8-4-6-10-7-5-8;1-8(2,3)9-6-4-5-7-9;1-7(2,3)8(4)5-9-6-8/h9H,4-8H2,1-3H3;8H,4-7H2,1-3H3;4-7H2,1-3H3;5-6H2,1-4H3. The molecule has 0 N–H and O–H groups in total. The topological polar surface area (TPSA) is 21.7 Å². The molecule has 3 saturated heterocycles. The number of hydrogen-bond donors (Lipinski definition) is 0. The van der Waals surface area contributed by atoms with Crippen molar-refractivity contribution in [1.82, 2.24) is 4.90 Å². The zero-order valence-corrected chi connectivity index (χ0v) is 28.5. The Bertz CT molecular complexity index is 578. The summed E-state index contributed by atoms with van der Waals surface area (Å²) in [6, 6.07) is 0. The van der Waals surface area contributed by atoms with E-state index in [-0.39, 0.29) is 0 Å². The number of nitrogens with zero attached hydrogens (tertiary/aromatic N) is 1. The third-order valence-electron chi connectivity index (χ3n) is 9.98. The molecule has 0 aromatic carbocycles. The van der Waals surface area contributed by atoms with Crippen LogP contribution in [0.25, 0.3) is 0 Å². The van der Waals surface area contributed by atoms with Crippen LogP contribution in [0.2, 0.25) is 0 Å². The fraction of sp³-hybridized carbons (Fsp3) is 1.00. The van der Waals surface area contributed by atoms with Gasteiger partial charge in [-0.1, -0.05) is 88.5 Å². The maximum Gasteiger partial charge on any atom is 0.0547 e. The van der Waals surface area contributed by atoms with Gasteiger partial charge in [-0.15, -0.1) is 0 Å². The minimum atomic E-state index is 0.408. The maximum atomic E-state index is 5.29. The van der Waals surface area contributed by atoms with Crippen LogP contribution in [0.3, 0.4) is 0 Å². The van der Waals surface area contributed by atoms with Crippen LogP contribution in [0, 0.1) is 33.5 Å². The van der Waals surface area contributed by atoms with E-state index in [0.29, 0.717) is 27.2 Å². The molecule has 0 radical (unpaired) electrons. The van der Waals surface area contributed by atoms with Crippen molar-refractivity contribution in [3.63, 3.8) is 0 Å². The van der Waals surface area contributed by atoms with Gasteiger partial charge in [0.05, 0.1) is 13.2 Å². The molecule has 0 unspecified atom stereocenters. The smallest absolute Gasteiger partial charge is 0.0547 e. The van der Waals surface area contributed by atoms with Crippen molar-refractivity contribution < 1.29 is 9.47 Å². The van der Waals surface area contributed by atoms with E-state index < -0.39 is 0 Å². The Morgan fingerprint density at radius 3 is 1.18 bits per heavy atom. The molecule has 1 saturated carbocycles. The van der Waals surface area contributed by atoms with Crippen molar-refractivity contribution in [3.05, 3.63) is 0 Å². The molecule has 4 aliphatic rings. The SMILES string of the molecule is CC(C)(C)C1(C)COC1.CC(C)(C)C1CCCCC1.CC(C)(C)C1CCOCC1.CC(C)(C)N1CCCC1. The third-order valence-corrected chi connectivity index (χ3v) is 9.98. The van der Waals surface area contributed by atoms with Crippen LogP contribution in [-0.2, 0) is 9.47 Å². The average Bonchev–Trinajstić information content (AvgIpc) is 3.34. The minimum Gasteiger partial charge on any atom is -0.381 e. The maximum absolute atomic E-state index is 5.29. The molecule has 0 aromatic heterocycles. The van der Waals surface area contributed by atoms with Crippen molar-refractivity contribution in [1.29, 1.82) is 0 Å². The van der Waals surface area contributed by atoms with Gasteiger partial charge in [0.15, 0.2) is 0 Å². The Kier molecular flexibility index (Phi) is 14.4. The summed E-state index contributed by atoms with van der Waals surface area (Å²) in [5.74, 6) is 1.88. The molecule has 3 heterocycles. The lowest BCUT2D eigenvalue weighted by atomic mass is 9.67. The molecule has 4 fully saturated rings. The van der Waals surface area contributed by atoms with E-state index in [0.717, 1.165) is 38.3 Å².